The summed E-state index contributed by atoms with van der Waals surface area (Å²) in [5.74, 6) is 6.77. The second-order valence-electron chi connectivity index (χ2n) is 10.6. The molecule has 0 radical (unpaired) electrons. The Morgan fingerprint density at radius 1 is 1.06 bits per heavy atom. The predicted molar refractivity (Wildman–Crippen MR) is 141 cm³/mol. The molecule has 1 aliphatic heterocycles. The number of hydrogen-bond donors (Lipinski definition) is 2. The van der Waals surface area contributed by atoms with E-state index in [9.17, 15) is 10.2 Å². The van der Waals surface area contributed by atoms with Crippen LogP contribution < -0.4 is 4.74 Å². The highest BCUT2D eigenvalue weighted by Gasteiger charge is 2.55. The summed E-state index contributed by atoms with van der Waals surface area (Å²) in [7, 11) is 3.58. The fraction of sp³-hybridized carbons (Fsp3) is 0.400. The van der Waals surface area contributed by atoms with Crippen molar-refractivity contribution in [3.63, 3.8) is 0 Å². The number of likely N-dealkylation sites (tertiary alicyclic amines) is 1. The van der Waals surface area contributed by atoms with Gasteiger partial charge in [0.05, 0.1) is 12.8 Å². The van der Waals surface area contributed by atoms with E-state index >= 15 is 0 Å². The Balaban J connectivity index is 1.74. The Labute approximate surface area is 214 Å². The summed E-state index contributed by atoms with van der Waals surface area (Å²) in [4.78, 5) is 10.9. The van der Waals surface area contributed by atoms with Crippen molar-refractivity contribution in [2.24, 2.45) is 5.41 Å². The van der Waals surface area contributed by atoms with Crippen LogP contribution in [0.2, 0.25) is 0 Å². The third-order valence-electron chi connectivity index (χ3n) is 7.14. The van der Waals surface area contributed by atoms with Gasteiger partial charge < -0.3 is 19.8 Å². The molecule has 0 saturated carbocycles. The molecule has 2 aromatic heterocycles. The van der Waals surface area contributed by atoms with Gasteiger partial charge in [-0.2, -0.15) is 0 Å². The topological polar surface area (TPSA) is 78.7 Å². The Bertz CT molecular complexity index is 1280. The molecule has 2 atom stereocenters. The van der Waals surface area contributed by atoms with E-state index < -0.39 is 16.6 Å². The standard InChI is InChI=1S/C30H35N3O3/c1-21(2)23-10-12-24(13-11-23)30(35,28(3)19-33(5)20-28)25-16-22(17-31-18-25)14-15-29(4,34)26-8-7-9-27(32-26)36-6/h7-13,16-18,21,34-35H,19-20H2,1-6H3/t29?,30-/m0/s1. The summed E-state index contributed by atoms with van der Waals surface area (Å²) < 4.78 is 5.17. The van der Waals surface area contributed by atoms with Gasteiger partial charge in [0, 0.05) is 48.1 Å². The number of pyridine rings is 2. The quantitative estimate of drug-likeness (QED) is 0.513. The van der Waals surface area contributed by atoms with Gasteiger partial charge in [0.1, 0.15) is 5.60 Å². The normalized spacial score (nSPS) is 18.4. The lowest BCUT2D eigenvalue weighted by Gasteiger charge is -2.55. The van der Waals surface area contributed by atoms with Gasteiger partial charge in [-0.3, -0.25) is 4.98 Å². The molecule has 6 nitrogen and oxygen atoms in total. The molecule has 2 N–H and O–H groups in total. The first-order chi connectivity index (χ1) is 17.0. The average Bonchev–Trinajstić information content (AvgIpc) is 2.86. The van der Waals surface area contributed by atoms with Crippen LogP contribution in [-0.4, -0.2) is 52.3 Å². The Hall–Kier alpha value is -3.24. The van der Waals surface area contributed by atoms with E-state index in [-0.39, 0.29) is 0 Å². The van der Waals surface area contributed by atoms with Crippen molar-refractivity contribution in [2.75, 3.05) is 27.2 Å². The summed E-state index contributed by atoms with van der Waals surface area (Å²) in [6.07, 6.45) is 3.36. The molecule has 0 spiro atoms. The molecule has 4 rings (SSSR count). The van der Waals surface area contributed by atoms with E-state index in [1.807, 2.05) is 18.2 Å². The van der Waals surface area contributed by atoms with Crippen LogP contribution in [0.4, 0.5) is 0 Å². The van der Waals surface area contributed by atoms with E-state index in [0.717, 1.165) is 18.7 Å². The van der Waals surface area contributed by atoms with Crippen LogP contribution in [0.1, 0.15) is 61.6 Å². The fourth-order valence-electron chi connectivity index (χ4n) is 5.11. The van der Waals surface area contributed by atoms with Crippen molar-refractivity contribution in [3.8, 4) is 17.7 Å². The number of methoxy groups -OCH3 is 1. The van der Waals surface area contributed by atoms with Crippen molar-refractivity contribution >= 4 is 0 Å². The van der Waals surface area contributed by atoms with Gasteiger partial charge in [-0.25, -0.2) is 4.98 Å². The molecule has 1 saturated heterocycles. The summed E-state index contributed by atoms with van der Waals surface area (Å²) in [6, 6.07) is 15.3. The third-order valence-corrected chi connectivity index (χ3v) is 7.14. The lowest BCUT2D eigenvalue weighted by Crippen LogP contribution is -2.63. The zero-order valence-electron chi connectivity index (χ0n) is 21.9. The van der Waals surface area contributed by atoms with E-state index in [1.165, 1.54) is 12.7 Å². The molecular formula is C30H35N3O3. The summed E-state index contributed by atoms with van der Waals surface area (Å²) in [5, 5.41) is 23.4. The highest BCUT2D eigenvalue weighted by molar-refractivity contribution is 5.45. The Morgan fingerprint density at radius 3 is 2.36 bits per heavy atom. The lowest BCUT2D eigenvalue weighted by atomic mass is 9.62. The minimum absolute atomic E-state index is 0.394. The molecule has 3 aromatic rings. The molecule has 1 aliphatic rings. The number of ether oxygens (including phenoxy) is 1. The molecule has 3 heterocycles. The molecule has 1 unspecified atom stereocenters. The number of benzene rings is 1. The molecule has 36 heavy (non-hydrogen) atoms. The van der Waals surface area contributed by atoms with Crippen LogP contribution in [0.3, 0.4) is 0 Å². The van der Waals surface area contributed by atoms with Crippen molar-refractivity contribution in [1.82, 2.24) is 14.9 Å². The number of aliphatic hydroxyl groups is 2. The first-order valence-corrected chi connectivity index (χ1v) is 12.2. The predicted octanol–water partition coefficient (Wildman–Crippen LogP) is 4.06. The zero-order valence-corrected chi connectivity index (χ0v) is 21.9. The molecule has 6 heteroatoms. The van der Waals surface area contributed by atoms with Crippen LogP contribution in [0.5, 0.6) is 5.88 Å². The summed E-state index contributed by atoms with van der Waals surface area (Å²) in [5.41, 5.74) is 0.596. The number of hydrogen-bond acceptors (Lipinski definition) is 6. The monoisotopic (exact) mass is 485 g/mol. The molecule has 0 bridgehead atoms. The third kappa shape index (κ3) is 4.75. The Morgan fingerprint density at radius 2 is 1.75 bits per heavy atom. The maximum absolute atomic E-state index is 12.4. The smallest absolute Gasteiger partial charge is 0.213 e. The fourth-order valence-corrected chi connectivity index (χ4v) is 5.11. The van der Waals surface area contributed by atoms with Gasteiger partial charge in [-0.1, -0.05) is 62.9 Å². The van der Waals surface area contributed by atoms with E-state index in [2.05, 4.69) is 66.7 Å². The number of nitrogens with zero attached hydrogens (tertiary/aromatic N) is 3. The molecule has 1 fully saturated rings. The average molecular weight is 486 g/mol. The van der Waals surface area contributed by atoms with E-state index in [0.29, 0.717) is 28.6 Å². The second kappa shape index (κ2) is 9.67. The highest BCUT2D eigenvalue weighted by atomic mass is 16.5. The van der Waals surface area contributed by atoms with E-state index in [4.69, 9.17) is 4.74 Å². The van der Waals surface area contributed by atoms with E-state index in [1.54, 1.807) is 37.5 Å². The first-order valence-electron chi connectivity index (χ1n) is 12.2. The van der Waals surface area contributed by atoms with Crippen molar-refractivity contribution < 1.29 is 14.9 Å². The van der Waals surface area contributed by atoms with Crippen LogP contribution in [0.25, 0.3) is 0 Å². The minimum atomic E-state index is -1.49. The first kappa shape index (κ1) is 25.8. The lowest BCUT2D eigenvalue weighted by molar-refractivity contribution is -0.127. The van der Waals surface area contributed by atoms with Crippen molar-refractivity contribution in [3.05, 3.63) is 88.9 Å². The largest absolute Gasteiger partial charge is 0.481 e. The molecule has 1 aromatic carbocycles. The van der Waals surface area contributed by atoms with Crippen LogP contribution in [0.15, 0.2) is 60.9 Å². The number of rotatable bonds is 6. The maximum atomic E-state index is 12.4. The van der Waals surface area contributed by atoms with Crippen molar-refractivity contribution in [1.29, 1.82) is 0 Å². The molecular weight excluding hydrogens is 450 g/mol. The maximum Gasteiger partial charge on any atom is 0.213 e. The van der Waals surface area contributed by atoms with Crippen LogP contribution >= 0.6 is 0 Å². The zero-order chi connectivity index (χ0) is 26.1. The molecule has 0 amide bonds. The van der Waals surface area contributed by atoms with Crippen molar-refractivity contribution in [2.45, 2.75) is 44.8 Å². The Kier molecular flexibility index (Phi) is 6.94. The van der Waals surface area contributed by atoms with Gasteiger partial charge >= 0.3 is 0 Å². The van der Waals surface area contributed by atoms with Crippen LogP contribution in [-0.2, 0) is 11.2 Å². The number of aromatic nitrogens is 2. The van der Waals surface area contributed by atoms with Gasteiger partial charge in [0.15, 0.2) is 5.60 Å². The summed E-state index contributed by atoms with van der Waals surface area (Å²) in [6.45, 7) is 9.53. The van der Waals surface area contributed by atoms with Gasteiger partial charge in [-0.15, -0.1) is 0 Å². The molecule has 0 aliphatic carbocycles. The van der Waals surface area contributed by atoms with Gasteiger partial charge in [0.2, 0.25) is 5.88 Å². The highest BCUT2D eigenvalue weighted by Crippen LogP contribution is 2.50. The van der Waals surface area contributed by atoms with Crippen LogP contribution in [0, 0.1) is 17.3 Å². The molecule has 188 valence electrons. The second-order valence-corrected chi connectivity index (χ2v) is 10.6. The minimum Gasteiger partial charge on any atom is -0.481 e. The van der Waals surface area contributed by atoms with Gasteiger partial charge in [-0.05, 0) is 43.1 Å². The SMILES string of the molecule is COc1cccc(C(C)(O)C#Cc2cncc([C@@](O)(c3ccc(C(C)C)cc3)C3(C)CN(C)C3)c2)n1. The van der Waals surface area contributed by atoms with Gasteiger partial charge in [0.25, 0.3) is 0 Å². The summed E-state index contributed by atoms with van der Waals surface area (Å²) >= 11 is 0.